The largest absolute Gasteiger partial charge is 0.367 e. The van der Waals surface area contributed by atoms with Gasteiger partial charge in [0.1, 0.15) is 17.2 Å². The van der Waals surface area contributed by atoms with Crippen LogP contribution in [0, 0.1) is 0 Å². The lowest BCUT2D eigenvalue weighted by Gasteiger charge is -2.24. The molecule has 0 saturated heterocycles. The molecule has 0 atom stereocenters. The zero-order valence-electron chi connectivity index (χ0n) is 13.3. The lowest BCUT2D eigenvalue weighted by molar-refractivity contribution is 0.462. The van der Waals surface area contributed by atoms with Crippen LogP contribution in [0.3, 0.4) is 0 Å². The first-order chi connectivity index (χ1) is 11.7. The monoisotopic (exact) mass is 359 g/mol. The van der Waals surface area contributed by atoms with Crippen molar-refractivity contribution in [3.05, 3.63) is 52.6 Å². The minimum atomic E-state index is 0.500. The van der Waals surface area contributed by atoms with Crippen LogP contribution in [0.2, 0.25) is 10.0 Å². The fourth-order valence-electron chi connectivity index (χ4n) is 3.42. The summed E-state index contributed by atoms with van der Waals surface area (Å²) in [5, 5.41) is 4.84. The number of anilines is 1. The van der Waals surface area contributed by atoms with Crippen LogP contribution in [0.1, 0.15) is 32.1 Å². The number of aromatic nitrogens is 2. The summed E-state index contributed by atoms with van der Waals surface area (Å²) in [4.78, 5) is 4.82. The van der Waals surface area contributed by atoms with Crippen molar-refractivity contribution in [1.29, 1.82) is 0 Å². The van der Waals surface area contributed by atoms with Crippen molar-refractivity contribution in [1.82, 2.24) is 9.38 Å². The first-order valence-corrected chi connectivity index (χ1v) is 9.17. The van der Waals surface area contributed by atoms with Crippen LogP contribution in [-0.2, 0) is 0 Å². The van der Waals surface area contributed by atoms with Gasteiger partial charge in [0.05, 0.1) is 10.0 Å². The highest BCUT2D eigenvalue weighted by molar-refractivity contribution is 6.42. The van der Waals surface area contributed by atoms with E-state index >= 15 is 0 Å². The maximum atomic E-state index is 6.22. The molecule has 0 unspecified atom stereocenters. The van der Waals surface area contributed by atoms with Gasteiger partial charge in [-0.3, -0.25) is 4.40 Å². The summed E-state index contributed by atoms with van der Waals surface area (Å²) in [6.07, 6.45) is 8.38. The van der Waals surface area contributed by atoms with Crippen molar-refractivity contribution in [3.63, 3.8) is 0 Å². The summed E-state index contributed by atoms with van der Waals surface area (Å²) in [5.41, 5.74) is 2.83. The Morgan fingerprint density at radius 2 is 1.83 bits per heavy atom. The molecule has 24 heavy (non-hydrogen) atoms. The molecule has 0 amide bonds. The van der Waals surface area contributed by atoms with Crippen LogP contribution in [-0.4, -0.2) is 15.4 Å². The van der Waals surface area contributed by atoms with Crippen molar-refractivity contribution >= 4 is 34.7 Å². The number of imidazole rings is 1. The zero-order valence-corrected chi connectivity index (χ0v) is 14.8. The maximum absolute atomic E-state index is 6.22. The number of pyridine rings is 1. The standard InChI is InChI=1S/C19H19Cl2N3/c20-15-10-9-13(12-16(15)21)18-19(22-14-6-2-1-3-7-14)24-11-5-4-8-17(24)23-18/h4-5,8-12,14,22H,1-3,6-7H2. The molecule has 3 aromatic rings. The Labute approximate surface area is 151 Å². The van der Waals surface area contributed by atoms with Gasteiger partial charge < -0.3 is 5.32 Å². The average molecular weight is 360 g/mol. The molecule has 124 valence electrons. The third kappa shape index (κ3) is 2.99. The van der Waals surface area contributed by atoms with Gasteiger partial charge in [0, 0.05) is 17.8 Å². The molecule has 3 nitrogen and oxygen atoms in total. The summed E-state index contributed by atoms with van der Waals surface area (Å²) in [6.45, 7) is 0. The van der Waals surface area contributed by atoms with E-state index in [2.05, 4.69) is 15.9 Å². The van der Waals surface area contributed by atoms with Gasteiger partial charge >= 0.3 is 0 Å². The van der Waals surface area contributed by atoms with Crippen LogP contribution in [0.25, 0.3) is 16.9 Å². The van der Waals surface area contributed by atoms with Gasteiger partial charge in [-0.2, -0.15) is 0 Å². The van der Waals surface area contributed by atoms with Crippen molar-refractivity contribution in [2.45, 2.75) is 38.1 Å². The van der Waals surface area contributed by atoms with E-state index < -0.39 is 0 Å². The second-order valence-electron chi connectivity index (χ2n) is 6.35. The van der Waals surface area contributed by atoms with Crippen molar-refractivity contribution in [2.75, 3.05) is 5.32 Å². The quantitative estimate of drug-likeness (QED) is 0.616. The summed E-state index contributed by atoms with van der Waals surface area (Å²) < 4.78 is 2.12. The third-order valence-electron chi connectivity index (χ3n) is 4.67. The molecule has 1 N–H and O–H groups in total. The van der Waals surface area contributed by atoms with Crippen LogP contribution >= 0.6 is 23.2 Å². The SMILES string of the molecule is Clc1ccc(-c2nc3ccccn3c2NC2CCCCC2)cc1Cl. The molecule has 5 heteroatoms. The summed E-state index contributed by atoms with van der Waals surface area (Å²) in [6, 6.07) is 12.2. The van der Waals surface area contributed by atoms with E-state index in [9.17, 15) is 0 Å². The number of nitrogens with zero attached hydrogens (tertiary/aromatic N) is 2. The van der Waals surface area contributed by atoms with Gasteiger partial charge in [-0.05, 0) is 37.1 Å². The minimum absolute atomic E-state index is 0.500. The summed E-state index contributed by atoms with van der Waals surface area (Å²) in [7, 11) is 0. The molecule has 0 spiro atoms. The second kappa shape index (κ2) is 6.66. The average Bonchev–Trinajstić information content (AvgIpc) is 2.97. The highest BCUT2D eigenvalue weighted by Gasteiger charge is 2.19. The van der Waals surface area contributed by atoms with Crippen molar-refractivity contribution < 1.29 is 0 Å². The number of fused-ring (bicyclic) bond motifs is 1. The Hall–Kier alpha value is -1.71. The molecule has 1 aliphatic rings. The summed E-state index contributed by atoms with van der Waals surface area (Å²) >= 11 is 12.3. The van der Waals surface area contributed by atoms with Gasteiger partial charge in [-0.15, -0.1) is 0 Å². The molecule has 4 rings (SSSR count). The van der Waals surface area contributed by atoms with E-state index in [0.717, 1.165) is 22.7 Å². The highest BCUT2D eigenvalue weighted by atomic mass is 35.5. The number of nitrogens with one attached hydrogen (secondary N) is 1. The van der Waals surface area contributed by atoms with Gasteiger partial charge in [0.15, 0.2) is 0 Å². The number of halogens is 2. The van der Waals surface area contributed by atoms with E-state index in [1.54, 1.807) is 0 Å². The topological polar surface area (TPSA) is 29.3 Å². The second-order valence-corrected chi connectivity index (χ2v) is 7.16. The fraction of sp³-hybridized carbons (Fsp3) is 0.316. The number of benzene rings is 1. The van der Waals surface area contributed by atoms with Crippen molar-refractivity contribution in [2.24, 2.45) is 0 Å². The van der Waals surface area contributed by atoms with Crippen LogP contribution in [0.4, 0.5) is 5.82 Å². The predicted molar refractivity (Wildman–Crippen MR) is 101 cm³/mol. The maximum Gasteiger partial charge on any atom is 0.139 e. The first kappa shape index (κ1) is 15.8. The molecule has 2 aromatic heterocycles. The van der Waals surface area contributed by atoms with Crippen LogP contribution in [0.15, 0.2) is 42.6 Å². The fourth-order valence-corrected chi connectivity index (χ4v) is 3.72. The molecule has 1 aliphatic carbocycles. The Bertz CT molecular complexity index is 866. The Morgan fingerprint density at radius 3 is 2.62 bits per heavy atom. The normalized spacial score (nSPS) is 15.8. The molecule has 1 fully saturated rings. The van der Waals surface area contributed by atoms with Gasteiger partial charge in [0.2, 0.25) is 0 Å². The lowest BCUT2D eigenvalue weighted by Crippen LogP contribution is -2.23. The molecule has 1 saturated carbocycles. The lowest BCUT2D eigenvalue weighted by atomic mass is 9.95. The molecule has 2 heterocycles. The molecule has 0 bridgehead atoms. The Kier molecular flexibility index (Phi) is 4.38. The van der Waals surface area contributed by atoms with Crippen LogP contribution in [0.5, 0.6) is 0 Å². The van der Waals surface area contributed by atoms with E-state index in [0.29, 0.717) is 16.1 Å². The Morgan fingerprint density at radius 1 is 1.00 bits per heavy atom. The van der Waals surface area contributed by atoms with E-state index in [1.165, 1.54) is 32.1 Å². The van der Waals surface area contributed by atoms with E-state index in [4.69, 9.17) is 28.2 Å². The number of rotatable bonds is 3. The van der Waals surface area contributed by atoms with Crippen LogP contribution < -0.4 is 5.32 Å². The molecular formula is C19H19Cl2N3. The highest BCUT2D eigenvalue weighted by Crippen LogP contribution is 2.34. The minimum Gasteiger partial charge on any atom is -0.367 e. The zero-order chi connectivity index (χ0) is 16.5. The summed E-state index contributed by atoms with van der Waals surface area (Å²) in [5.74, 6) is 1.04. The molecular weight excluding hydrogens is 341 g/mol. The Balaban J connectivity index is 1.81. The first-order valence-electron chi connectivity index (χ1n) is 8.41. The molecule has 0 aliphatic heterocycles. The van der Waals surface area contributed by atoms with E-state index in [-0.39, 0.29) is 0 Å². The van der Waals surface area contributed by atoms with E-state index in [1.807, 2.05) is 36.4 Å². The molecule has 1 aromatic carbocycles. The molecule has 0 radical (unpaired) electrons. The smallest absolute Gasteiger partial charge is 0.139 e. The number of hydrogen-bond acceptors (Lipinski definition) is 2. The van der Waals surface area contributed by atoms with Gasteiger partial charge in [-0.1, -0.05) is 54.6 Å². The third-order valence-corrected chi connectivity index (χ3v) is 5.41. The van der Waals surface area contributed by atoms with Gasteiger partial charge in [0.25, 0.3) is 0 Å². The number of hydrogen-bond donors (Lipinski definition) is 1. The van der Waals surface area contributed by atoms with Crippen molar-refractivity contribution in [3.8, 4) is 11.3 Å². The predicted octanol–water partition coefficient (Wildman–Crippen LogP) is 6.05. The van der Waals surface area contributed by atoms with Gasteiger partial charge in [-0.25, -0.2) is 4.98 Å².